The molecule has 1 fully saturated rings. The van der Waals surface area contributed by atoms with E-state index in [1.807, 2.05) is 4.90 Å². The summed E-state index contributed by atoms with van der Waals surface area (Å²) in [7, 11) is 0. The van der Waals surface area contributed by atoms with E-state index in [0.717, 1.165) is 0 Å². The Bertz CT molecular complexity index is 1360. The molecule has 2 amide bonds. The van der Waals surface area contributed by atoms with Crippen LogP contribution in [0.1, 0.15) is 43.4 Å². The highest BCUT2D eigenvalue weighted by molar-refractivity contribution is 6.44. The zero-order chi connectivity index (χ0) is 26.2. The van der Waals surface area contributed by atoms with Crippen LogP contribution in [0.3, 0.4) is 0 Å². The predicted octanol–water partition coefficient (Wildman–Crippen LogP) is 4.33. The maximum atomic E-state index is 13.0. The molecule has 0 radical (unpaired) electrons. The number of rotatable bonds is 5. The number of ether oxygens (including phenoxy) is 1. The zero-order valence-corrected chi connectivity index (χ0v) is 21.6. The van der Waals surface area contributed by atoms with E-state index in [4.69, 9.17) is 32.4 Å². The molecular formula is C23H26Cl2N6O5. The zero-order valence-electron chi connectivity index (χ0n) is 20.1. The minimum atomic E-state index is -0.680. The third kappa shape index (κ3) is 5.68. The minimum absolute atomic E-state index is 0.108. The molecule has 1 atom stereocenters. The van der Waals surface area contributed by atoms with Crippen molar-refractivity contribution in [1.29, 1.82) is 0 Å². The molecule has 0 unspecified atom stereocenters. The number of amides is 2. The molecule has 36 heavy (non-hydrogen) atoms. The number of aryl methyl sites for hydroxylation is 1. The van der Waals surface area contributed by atoms with Crippen molar-refractivity contribution in [2.24, 2.45) is 0 Å². The Balaban J connectivity index is 1.60. The van der Waals surface area contributed by atoms with Gasteiger partial charge in [-0.2, -0.15) is 0 Å². The summed E-state index contributed by atoms with van der Waals surface area (Å²) in [6, 6.07) is 4.92. The van der Waals surface area contributed by atoms with E-state index in [1.54, 1.807) is 45.9 Å². The summed E-state index contributed by atoms with van der Waals surface area (Å²) in [6.07, 6.45) is 0.162. The highest BCUT2D eigenvalue weighted by Gasteiger charge is 2.29. The maximum Gasteiger partial charge on any atom is 0.434 e. The number of nitrogens with one attached hydrogen (secondary N) is 4. The number of carbonyl (C=O) groups is 2. The summed E-state index contributed by atoms with van der Waals surface area (Å²) >= 11 is 12.3. The number of anilines is 2. The molecule has 0 spiro atoms. The van der Waals surface area contributed by atoms with Gasteiger partial charge in [-0.3, -0.25) is 4.79 Å². The SMILES string of the molecule is Cc1[nH]c(C(=O)Nc2ccc(-c3n[nH]c(=O)o3)cc2N2CC[C@H](NC(=O)OC(C)(C)C)C2)c(Cl)c1Cl. The Kier molecular flexibility index (Phi) is 7.05. The van der Waals surface area contributed by atoms with Gasteiger partial charge >= 0.3 is 11.8 Å². The second-order valence-corrected chi connectivity index (χ2v) is 10.2. The average Bonchev–Trinajstić information content (AvgIpc) is 3.49. The molecule has 1 saturated heterocycles. The van der Waals surface area contributed by atoms with E-state index in [9.17, 15) is 14.4 Å². The van der Waals surface area contributed by atoms with E-state index >= 15 is 0 Å². The van der Waals surface area contributed by atoms with Crippen LogP contribution in [0.2, 0.25) is 10.0 Å². The smallest absolute Gasteiger partial charge is 0.434 e. The highest BCUT2D eigenvalue weighted by atomic mass is 35.5. The average molecular weight is 537 g/mol. The number of aromatic nitrogens is 3. The number of aromatic amines is 2. The first-order valence-electron chi connectivity index (χ1n) is 11.2. The molecule has 13 heteroatoms. The number of benzene rings is 1. The van der Waals surface area contributed by atoms with Crippen LogP contribution >= 0.6 is 23.2 Å². The van der Waals surface area contributed by atoms with Crippen LogP contribution in [-0.4, -0.2) is 51.9 Å². The number of nitrogens with zero attached hydrogens (tertiary/aromatic N) is 2. The van der Waals surface area contributed by atoms with Crippen molar-refractivity contribution in [2.45, 2.75) is 45.8 Å². The van der Waals surface area contributed by atoms with Gasteiger partial charge in [-0.05, 0) is 52.3 Å². The Morgan fingerprint density at radius 1 is 1.25 bits per heavy atom. The van der Waals surface area contributed by atoms with Crippen molar-refractivity contribution in [3.8, 4) is 11.5 Å². The van der Waals surface area contributed by atoms with Gasteiger partial charge in [-0.1, -0.05) is 23.2 Å². The molecule has 1 aliphatic rings. The fraction of sp³-hybridized carbons (Fsp3) is 0.391. The standard InChI is InChI=1S/C23H26Cl2N6O5/c1-11-16(24)17(25)18(26-11)19(32)28-14-6-5-12(20-29-30-22(34)35-20)9-15(14)31-8-7-13(10-31)27-21(33)36-23(2,3)4/h5-6,9,13,26H,7-8,10H2,1-4H3,(H,27,33)(H,28,32)(H,30,34)/t13-/m0/s1. The molecule has 3 aromatic rings. The molecule has 2 aromatic heterocycles. The van der Waals surface area contributed by atoms with Crippen molar-refractivity contribution < 1.29 is 18.7 Å². The molecule has 0 saturated carbocycles. The summed E-state index contributed by atoms with van der Waals surface area (Å²) < 4.78 is 10.5. The molecule has 0 bridgehead atoms. The topological polar surface area (TPSA) is 145 Å². The Hall–Kier alpha value is -3.44. The Labute approximate surface area is 216 Å². The largest absolute Gasteiger partial charge is 0.444 e. The Morgan fingerprint density at radius 3 is 2.61 bits per heavy atom. The van der Waals surface area contributed by atoms with Gasteiger partial charge in [0.15, 0.2) is 0 Å². The van der Waals surface area contributed by atoms with Crippen molar-refractivity contribution in [1.82, 2.24) is 20.5 Å². The number of carbonyl (C=O) groups excluding carboxylic acids is 2. The molecule has 4 N–H and O–H groups in total. The van der Waals surface area contributed by atoms with E-state index in [2.05, 4.69) is 25.8 Å². The van der Waals surface area contributed by atoms with Gasteiger partial charge in [0.2, 0.25) is 5.89 Å². The maximum absolute atomic E-state index is 13.0. The molecule has 1 aromatic carbocycles. The number of H-pyrrole nitrogens is 2. The first-order valence-corrected chi connectivity index (χ1v) is 12.0. The van der Waals surface area contributed by atoms with E-state index < -0.39 is 23.4 Å². The van der Waals surface area contributed by atoms with Crippen LogP contribution in [0.5, 0.6) is 0 Å². The summed E-state index contributed by atoms with van der Waals surface area (Å²) in [5, 5.41) is 12.3. The van der Waals surface area contributed by atoms with E-state index in [-0.39, 0.29) is 27.7 Å². The fourth-order valence-corrected chi connectivity index (χ4v) is 4.29. The van der Waals surface area contributed by atoms with Crippen LogP contribution in [0.15, 0.2) is 27.4 Å². The normalized spacial score (nSPS) is 15.7. The van der Waals surface area contributed by atoms with Crippen LogP contribution < -0.4 is 21.3 Å². The first kappa shape index (κ1) is 25.6. The van der Waals surface area contributed by atoms with Crippen LogP contribution in [0.4, 0.5) is 16.2 Å². The van der Waals surface area contributed by atoms with Crippen LogP contribution in [0, 0.1) is 6.92 Å². The summed E-state index contributed by atoms with van der Waals surface area (Å²) in [5.74, 6) is -1.05. The lowest BCUT2D eigenvalue weighted by atomic mass is 10.1. The second kappa shape index (κ2) is 9.90. The molecule has 1 aliphatic heterocycles. The van der Waals surface area contributed by atoms with E-state index in [1.165, 1.54) is 0 Å². The fourth-order valence-electron chi connectivity index (χ4n) is 3.87. The first-order chi connectivity index (χ1) is 16.9. The lowest BCUT2D eigenvalue weighted by Gasteiger charge is -2.24. The van der Waals surface area contributed by atoms with Gasteiger partial charge < -0.3 is 29.7 Å². The predicted molar refractivity (Wildman–Crippen MR) is 136 cm³/mol. The molecule has 3 heterocycles. The van der Waals surface area contributed by atoms with Crippen molar-refractivity contribution in [3.63, 3.8) is 0 Å². The lowest BCUT2D eigenvalue weighted by Crippen LogP contribution is -2.40. The highest BCUT2D eigenvalue weighted by Crippen LogP contribution is 2.35. The lowest BCUT2D eigenvalue weighted by molar-refractivity contribution is 0.0509. The van der Waals surface area contributed by atoms with Crippen molar-refractivity contribution in [2.75, 3.05) is 23.3 Å². The molecule has 192 valence electrons. The monoisotopic (exact) mass is 536 g/mol. The van der Waals surface area contributed by atoms with Gasteiger partial charge in [-0.15, -0.1) is 5.10 Å². The minimum Gasteiger partial charge on any atom is -0.444 e. The number of hydrogen-bond donors (Lipinski definition) is 4. The molecule has 0 aliphatic carbocycles. The molecule has 4 rings (SSSR count). The van der Waals surface area contributed by atoms with Gasteiger partial charge in [0.05, 0.1) is 27.5 Å². The summed E-state index contributed by atoms with van der Waals surface area (Å²) in [4.78, 5) is 41.6. The van der Waals surface area contributed by atoms with Crippen LogP contribution in [-0.2, 0) is 4.74 Å². The van der Waals surface area contributed by atoms with Gasteiger partial charge in [0.1, 0.15) is 11.3 Å². The van der Waals surface area contributed by atoms with E-state index in [0.29, 0.717) is 42.1 Å². The van der Waals surface area contributed by atoms with Gasteiger partial charge in [0, 0.05) is 24.3 Å². The number of hydrogen-bond acceptors (Lipinski definition) is 7. The summed E-state index contributed by atoms with van der Waals surface area (Å²) in [5.41, 5.74) is 1.76. The molecule has 11 nitrogen and oxygen atoms in total. The second-order valence-electron chi connectivity index (χ2n) is 9.44. The quantitative estimate of drug-likeness (QED) is 0.379. The van der Waals surface area contributed by atoms with Crippen molar-refractivity contribution in [3.05, 3.63) is 50.2 Å². The molecular weight excluding hydrogens is 511 g/mol. The number of alkyl carbamates (subject to hydrolysis) is 1. The Morgan fingerprint density at radius 2 is 2.00 bits per heavy atom. The third-order valence-electron chi connectivity index (χ3n) is 5.46. The van der Waals surface area contributed by atoms with Gasteiger partial charge in [-0.25, -0.2) is 14.7 Å². The summed E-state index contributed by atoms with van der Waals surface area (Å²) in [6.45, 7) is 8.16. The third-order valence-corrected chi connectivity index (χ3v) is 6.41. The van der Waals surface area contributed by atoms with Gasteiger partial charge in [0.25, 0.3) is 5.91 Å². The van der Waals surface area contributed by atoms with Crippen molar-refractivity contribution >= 4 is 46.6 Å². The number of halogens is 2. The van der Waals surface area contributed by atoms with Crippen LogP contribution in [0.25, 0.3) is 11.5 Å².